The minimum Gasteiger partial charge on any atom is -0.440 e. The Morgan fingerprint density at radius 2 is 1.91 bits per heavy atom. The summed E-state index contributed by atoms with van der Waals surface area (Å²) in [6.45, 7) is 2.24. The number of rotatable bonds is 4. The molecule has 9 nitrogen and oxygen atoms in total. The van der Waals surface area contributed by atoms with Gasteiger partial charge in [0.15, 0.2) is 11.5 Å². The second-order valence-electron chi connectivity index (χ2n) is 9.38. The molecule has 3 aromatic rings. The van der Waals surface area contributed by atoms with Gasteiger partial charge in [-0.15, -0.1) is 0 Å². The lowest BCUT2D eigenvalue weighted by Gasteiger charge is -2.32. The van der Waals surface area contributed by atoms with Gasteiger partial charge in [-0.05, 0) is 31.4 Å². The van der Waals surface area contributed by atoms with Crippen LogP contribution in [0.15, 0.2) is 33.6 Å². The van der Waals surface area contributed by atoms with E-state index in [9.17, 15) is 9.00 Å². The van der Waals surface area contributed by atoms with Crippen molar-refractivity contribution in [1.29, 1.82) is 0 Å². The molecule has 1 aromatic carbocycles. The van der Waals surface area contributed by atoms with Crippen molar-refractivity contribution >= 4 is 39.6 Å². The third-order valence-corrected chi connectivity index (χ3v) is 8.54. The highest BCUT2D eigenvalue weighted by Crippen LogP contribution is 2.34. The summed E-state index contributed by atoms with van der Waals surface area (Å²) in [7, 11) is 0.736. The number of aryl methyl sites for hydroxylation is 1. The molecule has 3 aliphatic heterocycles. The number of para-hydroxylation sites is 2. The van der Waals surface area contributed by atoms with Crippen LogP contribution in [0.3, 0.4) is 0 Å². The number of piperidine rings is 2. The highest BCUT2D eigenvalue weighted by molar-refractivity contribution is 7.85. The van der Waals surface area contributed by atoms with Crippen LogP contribution in [0.4, 0.5) is 11.8 Å². The van der Waals surface area contributed by atoms with Crippen molar-refractivity contribution in [2.45, 2.75) is 49.0 Å². The maximum atomic E-state index is 12.7. The van der Waals surface area contributed by atoms with Gasteiger partial charge >= 0.3 is 0 Å². The Labute approximate surface area is 200 Å². The van der Waals surface area contributed by atoms with Gasteiger partial charge in [0.2, 0.25) is 11.9 Å². The topological polar surface area (TPSA) is 104 Å². The lowest BCUT2D eigenvalue weighted by atomic mass is 9.97. The quantitative estimate of drug-likeness (QED) is 0.608. The number of hydrogen-bond donors (Lipinski definition) is 1. The first kappa shape index (κ1) is 21.5. The zero-order chi connectivity index (χ0) is 23.2. The standard InChI is InChI=1S/C24H28N6O3S/c1-29-14-16(6-7-20(29)31)25-22-21-18(10-13-34(21)32)27-24(28-22)30-11-8-15(9-12-30)23-26-17-4-2-3-5-19(17)33-23/h2-5,15-16H,6-14H2,1H3,(H,25,27,28)/t16?,34-/m0/s1. The average molecular weight is 481 g/mol. The first-order chi connectivity index (χ1) is 16.5. The van der Waals surface area contributed by atoms with Crippen molar-refractivity contribution < 1.29 is 13.4 Å². The van der Waals surface area contributed by atoms with Crippen LogP contribution in [-0.2, 0) is 22.0 Å². The maximum Gasteiger partial charge on any atom is 0.227 e. The van der Waals surface area contributed by atoms with Crippen LogP contribution in [0.1, 0.15) is 43.2 Å². The minimum atomic E-state index is -1.09. The molecule has 178 valence electrons. The van der Waals surface area contributed by atoms with E-state index in [-0.39, 0.29) is 17.9 Å². The lowest BCUT2D eigenvalue weighted by molar-refractivity contribution is -0.132. The van der Waals surface area contributed by atoms with Gasteiger partial charge in [-0.25, -0.2) is 9.97 Å². The molecule has 0 radical (unpaired) electrons. The summed E-state index contributed by atoms with van der Waals surface area (Å²) >= 11 is 0. The number of likely N-dealkylation sites (tertiary alicyclic amines) is 1. The number of amides is 1. The number of aromatic nitrogens is 3. The number of anilines is 2. The summed E-state index contributed by atoms with van der Waals surface area (Å²) < 4.78 is 18.7. The van der Waals surface area contributed by atoms with E-state index in [2.05, 4.69) is 10.2 Å². The molecule has 2 atom stereocenters. The fourth-order valence-electron chi connectivity index (χ4n) is 5.14. The molecular formula is C24H28N6O3S. The van der Waals surface area contributed by atoms with Gasteiger partial charge in [0, 0.05) is 57.2 Å². The molecule has 0 aliphatic carbocycles. The first-order valence-electron chi connectivity index (χ1n) is 12.0. The van der Waals surface area contributed by atoms with Crippen molar-refractivity contribution in [3.8, 4) is 0 Å². The number of carbonyl (C=O) groups is 1. The third kappa shape index (κ3) is 3.93. The molecule has 5 heterocycles. The number of oxazole rings is 1. The van der Waals surface area contributed by atoms with E-state index in [0.717, 1.165) is 59.9 Å². The molecule has 2 saturated heterocycles. The van der Waals surface area contributed by atoms with Crippen LogP contribution < -0.4 is 10.2 Å². The molecule has 0 spiro atoms. The van der Waals surface area contributed by atoms with Crippen molar-refractivity contribution in [3.63, 3.8) is 0 Å². The van der Waals surface area contributed by atoms with Gasteiger partial charge < -0.3 is 19.5 Å². The van der Waals surface area contributed by atoms with Crippen LogP contribution in [-0.4, -0.2) is 68.4 Å². The minimum absolute atomic E-state index is 0.0945. The number of hydrogen-bond acceptors (Lipinski definition) is 8. The van der Waals surface area contributed by atoms with Crippen LogP contribution >= 0.6 is 0 Å². The Balaban J connectivity index is 1.20. The zero-order valence-corrected chi connectivity index (χ0v) is 20.0. The summed E-state index contributed by atoms with van der Waals surface area (Å²) in [6.07, 6.45) is 3.80. The Bertz CT molecular complexity index is 1240. The van der Waals surface area contributed by atoms with E-state index >= 15 is 0 Å². The summed E-state index contributed by atoms with van der Waals surface area (Å²) in [5, 5.41) is 3.50. The smallest absolute Gasteiger partial charge is 0.227 e. The molecule has 34 heavy (non-hydrogen) atoms. The zero-order valence-electron chi connectivity index (χ0n) is 19.2. The van der Waals surface area contributed by atoms with E-state index in [1.54, 1.807) is 4.90 Å². The van der Waals surface area contributed by atoms with Crippen LogP contribution in [0.2, 0.25) is 0 Å². The highest BCUT2D eigenvalue weighted by atomic mass is 32.2. The number of carbonyl (C=O) groups excluding carboxylic acids is 1. The molecule has 2 fully saturated rings. The molecule has 1 unspecified atom stereocenters. The van der Waals surface area contributed by atoms with E-state index in [1.807, 2.05) is 31.3 Å². The molecule has 3 aliphatic rings. The second kappa shape index (κ2) is 8.65. The van der Waals surface area contributed by atoms with Gasteiger partial charge in [0.05, 0.1) is 16.5 Å². The fourth-order valence-corrected chi connectivity index (χ4v) is 6.45. The summed E-state index contributed by atoms with van der Waals surface area (Å²) in [6, 6.07) is 7.97. The monoisotopic (exact) mass is 480 g/mol. The van der Waals surface area contributed by atoms with E-state index in [1.165, 1.54) is 0 Å². The predicted octanol–water partition coefficient (Wildman–Crippen LogP) is 2.70. The van der Waals surface area contributed by atoms with E-state index in [0.29, 0.717) is 36.9 Å². The predicted molar refractivity (Wildman–Crippen MR) is 129 cm³/mol. The number of nitrogens with zero attached hydrogens (tertiary/aromatic N) is 5. The molecule has 0 bridgehead atoms. The molecule has 10 heteroatoms. The van der Waals surface area contributed by atoms with Gasteiger partial charge in [-0.2, -0.15) is 4.98 Å². The van der Waals surface area contributed by atoms with Gasteiger partial charge in [0.25, 0.3) is 0 Å². The molecular weight excluding hydrogens is 452 g/mol. The van der Waals surface area contributed by atoms with Crippen molar-refractivity contribution in [1.82, 2.24) is 19.9 Å². The van der Waals surface area contributed by atoms with Crippen LogP contribution in [0.25, 0.3) is 11.1 Å². The van der Waals surface area contributed by atoms with Crippen molar-refractivity contribution in [2.24, 2.45) is 0 Å². The van der Waals surface area contributed by atoms with Crippen LogP contribution in [0.5, 0.6) is 0 Å². The summed E-state index contributed by atoms with van der Waals surface area (Å²) in [5.41, 5.74) is 2.62. The SMILES string of the molecule is CN1CC(Nc2nc(N3CCC(c4nc5ccccc5o4)CC3)nc3c2[S@@](=O)CC3)CCC1=O. The highest BCUT2D eigenvalue weighted by Gasteiger charge is 2.32. The van der Waals surface area contributed by atoms with Crippen molar-refractivity contribution in [2.75, 3.05) is 42.7 Å². The Kier molecular flexibility index (Phi) is 5.47. The molecule has 1 N–H and O–H groups in total. The largest absolute Gasteiger partial charge is 0.440 e. The Morgan fingerprint density at radius 3 is 2.71 bits per heavy atom. The van der Waals surface area contributed by atoms with Crippen molar-refractivity contribution in [3.05, 3.63) is 35.9 Å². The van der Waals surface area contributed by atoms with E-state index in [4.69, 9.17) is 19.4 Å². The Hall–Kier alpha value is -3.01. The number of nitrogens with one attached hydrogen (secondary N) is 1. The van der Waals surface area contributed by atoms with Gasteiger partial charge in [-0.1, -0.05) is 12.1 Å². The number of benzene rings is 1. The van der Waals surface area contributed by atoms with E-state index < -0.39 is 10.8 Å². The molecule has 0 saturated carbocycles. The second-order valence-corrected chi connectivity index (χ2v) is 10.9. The van der Waals surface area contributed by atoms with Crippen LogP contribution in [0, 0.1) is 0 Å². The summed E-state index contributed by atoms with van der Waals surface area (Å²) in [5.74, 6) is 3.20. The third-order valence-electron chi connectivity index (χ3n) is 7.08. The van der Waals surface area contributed by atoms with Gasteiger partial charge in [0.1, 0.15) is 16.2 Å². The van der Waals surface area contributed by atoms with Gasteiger partial charge in [-0.3, -0.25) is 9.00 Å². The molecule has 2 aromatic heterocycles. The fraction of sp³-hybridized carbons (Fsp3) is 0.500. The average Bonchev–Trinajstić information content (AvgIpc) is 3.45. The maximum absolute atomic E-state index is 12.7. The molecule has 1 amide bonds. The lowest BCUT2D eigenvalue weighted by Crippen LogP contribution is -2.43. The number of fused-ring (bicyclic) bond motifs is 2. The number of likely N-dealkylation sites (N-methyl/N-ethyl adjacent to an activating group) is 1. The normalized spacial score (nSPS) is 23.5. The first-order valence-corrected chi connectivity index (χ1v) is 13.3. The Morgan fingerprint density at radius 1 is 1.09 bits per heavy atom. The summed E-state index contributed by atoms with van der Waals surface area (Å²) in [4.78, 5) is 30.9. The molecule has 6 rings (SSSR count).